The van der Waals surface area contributed by atoms with Crippen LogP contribution >= 0.6 is 0 Å². The second-order valence-corrected chi connectivity index (χ2v) is 4.63. The smallest absolute Gasteiger partial charge is 0.416 e. The Morgan fingerprint density at radius 2 is 2.15 bits per heavy atom. The molecule has 0 aromatic heterocycles. The summed E-state index contributed by atoms with van der Waals surface area (Å²) in [5.74, 6) is 0.160. The highest BCUT2D eigenvalue weighted by molar-refractivity contribution is 5.75. The van der Waals surface area contributed by atoms with Crippen molar-refractivity contribution in [2.45, 2.75) is 25.2 Å². The van der Waals surface area contributed by atoms with Gasteiger partial charge in [-0.25, -0.2) is 4.79 Å². The van der Waals surface area contributed by atoms with Crippen LogP contribution in [-0.4, -0.2) is 36.7 Å². The van der Waals surface area contributed by atoms with Crippen LogP contribution < -0.4 is 10.1 Å². The molecule has 1 fully saturated rings. The van der Waals surface area contributed by atoms with Crippen molar-refractivity contribution in [2.24, 2.45) is 0 Å². The second kappa shape index (κ2) is 5.22. The fourth-order valence-corrected chi connectivity index (χ4v) is 2.04. The van der Waals surface area contributed by atoms with Crippen molar-refractivity contribution >= 4 is 6.03 Å². The molecular formula is C13H15F3N2O2. The van der Waals surface area contributed by atoms with Crippen molar-refractivity contribution in [3.63, 3.8) is 0 Å². The molecule has 1 aliphatic heterocycles. The van der Waals surface area contributed by atoms with E-state index in [-0.39, 0.29) is 23.9 Å². The third kappa shape index (κ3) is 2.81. The third-order valence-electron chi connectivity index (χ3n) is 3.33. The van der Waals surface area contributed by atoms with Crippen LogP contribution in [0.25, 0.3) is 0 Å². The fourth-order valence-electron chi connectivity index (χ4n) is 2.04. The second-order valence-electron chi connectivity index (χ2n) is 4.63. The van der Waals surface area contributed by atoms with Gasteiger partial charge in [-0.05, 0) is 25.1 Å². The Morgan fingerprint density at radius 3 is 2.70 bits per heavy atom. The number of likely N-dealkylation sites (tertiary alicyclic amines) is 1. The first kappa shape index (κ1) is 14.5. The minimum Gasteiger partial charge on any atom is -0.486 e. The van der Waals surface area contributed by atoms with Gasteiger partial charge in [-0.1, -0.05) is 6.07 Å². The molecule has 1 saturated heterocycles. The fraction of sp³-hybridized carbons (Fsp3) is 0.462. The minimum atomic E-state index is -4.39. The van der Waals surface area contributed by atoms with Crippen LogP contribution in [-0.2, 0) is 6.18 Å². The number of hydrogen-bond donors (Lipinski definition) is 1. The van der Waals surface area contributed by atoms with Crippen LogP contribution in [0.5, 0.6) is 5.75 Å². The first-order valence-electron chi connectivity index (χ1n) is 6.15. The van der Waals surface area contributed by atoms with Crippen molar-refractivity contribution in [3.05, 3.63) is 29.8 Å². The molecule has 1 N–H and O–H groups in total. The van der Waals surface area contributed by atoms with Gasteiger partial charge in [-0.3, -0.25) is 0 Å². The number of alkyl halides is 3. The predicted molar refractivity (Wildman–Crippen MR) is 66.5 cm³/mol. The number of nitrogens with one attached hydrogen (secondary N) is 1. The Balaban J connectivity index is 2.01. The number of urea groups is 1. The monoisotopic (exact) mass is 288 g/mol. The molecule has 1 aromatic rings. The zero-order valence-electron chi connectivity index (χ0n) is 11.1. The first-order valence-corrected chi connectivity index (χ1v) is 6.15. The molecule has 1 heterocycles. The number of hydrogen-bond acceptors (Lipinski definition) is 2. The number of nitrogens with zero attached hydrogens (tertiary/aromatic N) is 1. The van der Waals surface area contributed by atoms with Crippen molar-refractivity contribution in [3.8, 4) is 5.75 Å². The lowest BCUT2D eigenvalue weighted by atomic mass is 10.0. The standard InChI is InChI=1S/C13H15F3N2O2/c1-8-11(7-18(8)12(19)17-2)20-10-5-3-4-9(6-10)13(14,15)16/h3-6,8,11H,7H2,1-2H3,(H,17,19)/t8-,11-/m1/s1. The van der Waals surface area contributed by atoms with Crippen LogP contribution in [0.4, 0.5) is 18.0 Å². The lowest BCUT2D eigenvalue weighted by molar-refractivity contribution is -0.137. The van der Waals surface area contributed by atoms with Crippen molar-refractivity contribution in [1.82, 2.24) is 10.2 Å². The number of benzene rings is 1. The van der Waals surface area contributed by atoms with E-state index in [0.717, 1.165) is 12.1 Å². The maximum atomic E-state index is 12.6. The SMILES string of the molecule is CNC(=O)N1C[C@@H](Oc2cccc(C(F)(F)F)c2)[C@H]1C. The molecule has 20 heavy (non-hydrogen) atoms. The van der Waals surface area contributed by atoms with E-state index in [1.807, 2.05) is 0 Å². The van der Waals surface area contributed by atoms with E-state index in [2.05, 4.69) is 5.32 Å². The lowest BCUT2D eigenvalue weighted by Gasteiger charge is -2.45. The number of ether oxygens (including phenoxy) is 1. The van der Waals surface area contributed by atoms with E-state index in [0.29, 0.717) is 6.54 Å². The molecule has 7 heteroatoms. The summed E-state index contributed by atoms with van der Waals surface area (Å²) in [5.41, 5.74) is -0.745. The molecule has 0 radical (unpaired) electrons. The maximum Gasteiger partial charge on any atom is 0.416 e. The van der Waals surface area contributed by atoms with E-state index < -0.39 is 11.7 Å². The van der Waals surface area contributed by atoms with E-state index in [9.17, 15) is 18.0 Å². The van der Waals surface area contributed by atoms with Gasteiger partial charge in [0.2, 0.25) is 0 Å². The quantitative estimate of drug-likeness (QED) is 0.908. The van der Waals surface area contributed by atoms with Gasteiger partial charge < -0.3 is 15.0 Å². The molecule has 0 spiro atoms. The van der Waals surface area contributed by atoms with Gasteiger partial charge >= 0.3 is 12.2 Å². The molecule has 1 aromatic carbocycles. The van der Waals surface area contributed by atoms with Gasteiger partial charge in [0.25, 0.3) is 0 Å². The molecule has 2 atom stereocenters. The molecule has 4 nitrogen and oxygen atoms in total. The molecule has 2 rings (SSSR count). The highest BCUT2D eigenvalue weighted by atomic mass is 19.4. The van der Waals surface area contributed by atoms with Gasteiger partial charge in [-0.15, -0.1) is 0 Å². The normalized spacial score (nSPS) is 22.1. The summed E-state index contributed by atoms with van der Waals surface area (Å²) in [6.07, 6.45) is -4.69. The van der Waals surface area contributed by atoms with Crippen molar-refractivity contribution in [1.29, 1.82) is 0 Å². The Hall–Kier alpha value is -1.92. The average molecular weight is 288 g/mol. The first-order chi connectivity index (χ1) is 9.32. The summed E-state index contributed by atoms with van der Waals surface area (Å²) < 4.78 is 43.2. The van der Waals surface area contributed by atoms with Gasteiger partial charge in [0.1, 0.15) is 11.9 Å². The summed E-state index contributed by atoms with van der Waals surface area (Å²) in [7, 11) is 1.52. The van der Waals surface area contributed by atoms with Crippen LogP contribution in [0.15, 0.2) is 24.3 Å². The molecule has 0 bridgehead atoms. The van der Waals surface area contributed by atoms with Crippen molar-refractivity contribution < 1.29 is 22.7 Å². The molecule has 1 aliphatic rings. The number of amides is 2. The molecule has 0 aliphatic carbocycles. The highest BCUT2D eigenvalue weighted by Gasteiger charge is 2.40. The Kier molecular flexibility index (Phi) is 3.78. The predicted octanol–water partition coefficient (Wildman–Crippen LogP) is 2.50. The number of carbonyl (C=O) groups is 1. The molecule has 2 amide bonds. The molecule has 0 unspecified atom stereocenters. The van der Waals surface area contributed by atoms with Crippen LogP contribution in [0.2, 0.25) is 0 Å². The summed E-state index contributed by atoms with van der Waals surface area (Å²) in [6.45, 7) is 2.15. The molecular weight excluding hydrogens is 273 g/mol. The largest absolute Gasteiger partial charge is 0.486 e. The number of halogens is 3. The summed E-state index contributed by atoms with van der Waals surface area (Å²) in [5, 5.41) is 2.49. The average Bonchev–Trinajstić information content (AvgIpc) is 2.41. The Bertz CT molecular complexity index is 505. The zero-order chi connectivity index (χ0) is 14.9. The van der Waals surface area contributed by atoms with E-state index in [1.165, 1.54) is 19.2 Å². The number of rotatable bonds is 2. The van der Waals surface area contributed by atoms with Crippen molar-refractivity contribution in [2.75, 3.05) is 13.6 Å². The van der Waals surface area contributed by atoms with Gasteiger partial charge in [0.15, 0.2) is 0 Å². The Morgan fingerprint density at radius 1 is 1.45 bits per heavy atom. The van der Waals surface area contributed by atoms with Crippen LogP contribution in [0.3, 0.4) is 0 Å². The van der Waals surface area contributed by atoms with Gasteiger partial charge in [0.05, 0.1) is 18.2 Å². The summed E-state index contributed by atoms with van der Waals surface area (Å²) in [4.78, 5) is 13.0. The summed E-state index contributed by atoms with van der Waals surface area (Å²) >= 11 is 0. The van der Waals surface area contributed by atoms with Gasteiger partial charge in [0, 0.05) is 7.05 Å². The maximum absolute atomic E-state index is 12.6. The highest BCUT2D eigenvalue weighted by Crippen LogP contribution is 2.32. The van der Waals surface area contributed by atoms with Gasteiger partial charge in [-0.2, -0.15) is 13.2 Å². The van der Waals surface area contributed by atoms with E-state index in [1.54, 1.807) is 11.8 Å². The number of carbonyl (C=O) groups excluding carboxylic acids is 1. The van der Waals surface area contributed by atoms with E-state index >= 15 is 0 Å². The van der Waals surface area contributed by atoms with Crippen LogP contribution in [0, 0.1) is 0 Å². The zero-order valence-corrected chi connectivity index (χ0v) is 11.1. The lowest BCUT2D eigenvalue weighted by Crippen LogP contribution is -2.64. The molecule has 0 saturated carbocycles. The molecule has 110 valence electrons. The summed E-state index contributed by atoms with van der Waals surface area (Å²) in [6, 6.07) is 4.34. The topological polar surface area (TPSA) is 41.6 Å². The van der Waals surface area contributed by atoms with Crippen LogP contribution in [0.1, 0.15) is 12.5 Å². The Labute approximate surface area is 114 Å². The third-order valence-corrected chi connectivity index (χ3v) is 3.33. The minimum absolute atomic E-state index is 0.160. The van der Waals surface area contributed by atoms with E-state index in [4.69, 9.17) is 4.74 Å².